The first-order chi connectivity index (χ1) is 11.2. The average molecular weight is 305 g/mol. The molecule has 1 heterocycles. The van der Waals surface area contributed by atoms with Crippen molar-refractivity contribution in [1.29, 1.82) is 0 Å². The maximum atomic E-state index is 13.0. The van der Waals surface area contributed by atoms with Crippen molar-refractivity contribution in [3.05, 3.63) is 78.1 Å². The number of anilines is 1. The summed E-state index contributed by atoms with van der Waals surface area (Å²) in [5.74, 6) is -0.598. The Morgan fingerprint density at radius 1 is 0.870 bits per heavy atom. The number of hydrogen-bond donors (Lipinski definition) is 1. The van der Waals surface area contributed by atoms with Crippen molar-refractivity contribution in [2.75, 3.05) is 5.32 Å². The van der Waals surface area contributed by atoms with Gasteiger partial charge in [-0.3, -0.25) is 4.79 Å². The summed E-state index contributed by atoms with van der Waals surface area (Å²) in [6.07, 6.45) is 0. The Morgan fingerprint density at radius 3 is 2.43 bits per heavy atom. The first-order valence-corrected chi connectivity index (χ1v) is 7.19. The highest BCUT2D eigenvalue weighted by atomic mass is 19.1. The SMILES string of the molecule is O=C(Nc1ccc(F)cc1)c1cccc2oc3ccccc3c12. The van der Waals surface area contributed by atoms with Crippen LogP contribution in [0.15, 0.2) is 71.1 Å². The highest BCUT2D eigenvalue weighted by Gasteiger charge is 2.15. The molecule has 4 heteroatoms. The molecule has 112 valence electrons. The number of para-hydroxylation sites is 1. The molecule has 23 heavy (non-hydrogen) atoms. The van der Waals surface area contributed by atoms with Gasteiger partial charge in [0, 0.05) is 16.5 Å². The molecule has 0 aliphatic rings. The van der Waals surface area contributed by atoms with Gasteiger partial charge in [-0.05, 0) is 42.5 Å². The number of nitrogens with one attached hydrogen (secondary N) is 1. The van der Waals surface area contributed by atoms with Gasteiger partial charge in [0.1, 0.15) is 17.0 Å². The van der Waals surface area contributed by atoms with Crippen LogP contribution in [0.4, 0.5) is 10.1 Å². The fraction of sp³-hybridized carbons (Fsp3) is 0. The smallest absolute Gasteiger partial charge is 0.256 e. The van der Waals surface area contributed by atoms with E-state index in [2.05, 4.69) is 5.32 Å². The summed E-state index contributed by atoms with van der Waals surface area (Å²) >= 11 is 0. The topological polar surface area (TPSA) is 42.2 Å². The Hall–Kier alpha value is -3.14. The second-order valence-corrected chi connectivity index (χ2v) is 5.24. The van der Waals surface area contributed by atoms with E-state index in [4.69, 9.17) is 4.42 Å². The van der Waals surface area contributed by atoms with Gasteiger partial charge in [0.2, 0.25) is 0 Å². The van der Waals surface area contributed by atoms with E-state index in [1.807, 2.05) is 30.3 Å². The number of rotatable bonds is 2. The second kappa shape index (κ2) is 5.25. The van der Waals surface area contributed by atoms with Gasteiger partial charge in [-0.15, -0.1) is 0 Å². The lowest BCUT2D eigenvalue weighted by Gasteiger charge is -2.06. The number of carbonyl (C=O) groups is 1. The number of hydrogen-bond acceptors (Lipinski definition) is 2. The molecule has 4 aromatic rings. The first-order valence-electron chi connectivity index (χ1n) is 7.19. The second-order valence-electron chi connectivity index (χ2n) is 5.24. The highest BCUT2D eigenvalue weighted by molar-refractivity contribution is 6.19. The van der Waals surface area contributed by atoms with Gasteiger partial charge in [-0.1, -0.05) is 24.3 Å². The van der Waals surface area contributed by atoms with Crippen LogP contribution in [0.1, 0.15) is 10.4 Å². The van der Waals surface area contributed by atoms with Crippen molar-refractivity contribution in [3.8, 4) is 0 Å². The fourth-order valence-electron chi connectivity index (χ4n) is 2.70. The van der Waals surface area contributed by atoms with Gasteiger partial charge in [0.15, 0.2) is 0 Å². The molecule has 0 radical (unpaired) electrons. The van der Waals surface area contributed by atoms with E-state index < -0.39 is 0 Å². The molecule has 0 unspecified atom stereocenters. The van der Waals surface area contributed by atoms with Crippen molar-refractivity contribution in [2.24, 2.45) is 0 Å². The summed E-state index contributed by atoms with van der Waals surface area (Å²) in [5, 5.41) is 4.46. The average Bonchev–Trinajstić information content (AvgIpc) is 2.95. The molecule has 1 N–H and O–H groups in total. The van der Waals surface area contributed by atoms with E-state index in [0.29, 0.717) is 16.8 Å². The van der Waals surface area contributed by atoms with Gasteiger partial charge in [0.25, 0.3) is 5.91 Å². The number of halogens is 1. The molecule has 3 aromatic carbocycles. The van der Waals surface area contributed by atoms with Crippen LogP contribution in [0.25, 0.3) is 21.9 Å². The standard InChI is InChI=1S/C19H12FNO2/c20-12-8-10-13(11-9-12)21-19(22)15-5-3-7-17-18(15)14-4-1-2-6-16(14)23-17/h1-11H,(H,21,22). The summed E-state index contributed by atoms with van der Waals surface area (Å²) in [6, 6.07) is 18.6. The molecule has 0 aliphatic carbocycles. The summed E-state index contributed by atoms with van der Waals surface area (Å²) in [5.41, 5.74) is 2.47. The molecule has 0 spiro atoms. The van der Waals surface area contributed by atoms with E-state index in [1.54, 1.807) is 12.1 Å². The van der Waals surface area contributed by atoms with Gasteiger partial charge < -0.3 is 9.73 Å². The zero-order chi connectivity index (χ0) is 15.8. The minimum atomic E-state index is -0.342. The largest absolute Gasteiger partial charge is 0.456 e. The van der Waals surface area contributed by atoms with Crippen LogP contribution >= 0.6 is 0 Å². The van der Waals surface area contributed by atoms with Gasteiger partial charge >= 0.3 is 0 Å². The summed E-state index contributed by atoms with van der Waals surface area (Å²) in [7, 11) is 0. The third-order valence-electron chi connectivity index (χ3n) is 3.75. The maximum Gasteiger partial charge on any atom is 0.256 e. The normalized spacial score (nSPS) is 11.0. The zero-order valence-corrected chi connectivity index (χ0v) is 12.0. The van der Waals surface area contributed by atoms with E-state index >= 15 is 0 Å². The van der Waals surface area contributed by atoms with Crippen LogP contribution in [-0.2, 0) is 0 Å². The van der Waals surface area contributed by atoms with E-state index in [1.165, 1.54) is 24.3 Å². The molecule has 1 aromatic heterocycles. The fourth-order valence-corrected chi connectivity index (χ4v) is 2.70. The summed E-state index contributed by atoms with van der Waals surface area (Å²) in [4.78, 5) is 12.6. The quantitative estimate of drug-likeness (QED) is 0.567. The van der Waals surface area contributed by atoms with Crippen molar-refractivity contribution < 1.29 is 13.6 Å². The van der Waals surface area contributed by atoms with Crippen LogP contribution in [0.2, 0.25) is 0 Å². The minimum Gasteiger partial charge on any atom is -0.456 e. The summed E-state index contributed by atoms with van der Waals surface area (Å²) < 4.78 is 18.7. The first kappa shape index (κ1) is 13.5. The van der Waals surface area contributed by atoms with Crippen LogP contribution < -0.4 is 5.32 Å². The van der Waals surface area contributed by atoms with Gasteiger partial charge in [0.05, 0.1) is 5.56 Å². The molecule has 0 aliphatic heterocycles. The number of amides is 1. The van der Waals surface area contributed by atoms with Crippen molar-refractivity contribution in [1.82, 2.24) is 0 Å². The monoisotopic (exact) mass is 305 g/mol. The Kier molecular flexibility index (Phi) is 3.08. The molecule has 0 saturated heterocycles. The molecule has 0 atom stereocenters. The highest BCUT2D eigenvalue weighted by Crippen LogP contribution is 2.31. The van der Waals surface area contributed by atoms with Crippen LogP contribution in [0.3, 0.4) is 0 Å². The molecular formula is C19H12FNO2. The Morgan fingerprint density at radius 2 is 1.61 bits per heavy atom. The molecule has 0 bridgehead atoms. The lowest BCUT2D eigenvalue weighted by molar-refractivity contribution is 0.102. The lowest BCUT2D eigenvalue weighted by atomic mass is 10.1. The third kappa shape index (κ3) is 2.34. The number of carbonyl (C=O) groups excluding carboxylic acids is 1. The van der Waals surface area contributed by atoms with E-state index in [9.17, 15) is 9.18 Å². The minimum absolute atomic E-state index is 0.256. The van der Waals surface area contributed by atoms with Crippen LogP contribution in [-0.4, -0.2) is 5.91 Å². The molecule has 0 fully saturated rings. The van der Waals surface area contributed by atoms with E-state index in [0.717, 1.165) is 16.4 Å². The predicted octanol–water partition coefficient (Wildman–Crippen LogP) is 4.98. The van der Waals surface area contributed by atoms with Crippen molar-refractivity contribution >= 4 is 33.5 Å². The Bertz CT molecular complexity index is 1020. The zero-order valence-electron chi connectivity index (χ0n) is 12.0. The third-order valence-corrected chi connectivity index (χ3v) is 3.75. The lowest BCUT2D eigenvalue weighted by Crippen LogP contribution is -2.12. The molecule has 3 nitrogen and oxygen atoms in total. The van der Waals surface area contributed by atoms with Gasteiger partial charge in [-0.25, -0.2) is 4.39 Å². The van der Waals surface area contributed by atoms with Crippen molar-refractivity contribution in [3.63, 3.8) is 0 Å². The Balaban J connectivity index is 1.81. The van der Waals surface area contributed by atoms with Crippen LogP contribution in [0.5, 0.6) is 0 Å². The molecular weight excluding hydrogens is 293 g/mol. The number of fused-ring (bicyclic) bond motifs is 3. The molecule has 4 rings (SSSR count). The maximum absolute atomic E-state index is 13.0. The molecule has 1 amide bonds. The molecule has 0 saturated carbocycles. The number of furan rings is 1. The predicted molar refractivity (Wildman–Crippen MR) is 88.1 cm³/mol. The van der Waals surface area contributed by atoms with Crippen LogP contribution in [0, 0.1) is 5.82 Å². The number of benzene rings is 3. The van der Waals surface area contributed by atoms with E-state index in [-0.39, 0.29) is 11.7 Å². The Labute approximate surface area is 131 Å². The van der Waals surface area contributed by atoms with Crippen molar-refractivity contribution in [2.45, 2.75) is 0 Å². The summed E-state index contributed by atoms with van der Waals surface area (Å²) in [6.45, 7) is 0. The van der Waals surface area contributed by atoms with Gasteiger partial charge in [-0.2, -0.15) is 0 Å².